The van der Waals surface area contributed by atoms with E-state index in [9.17, 15) is 9.59 Å². The van der Waals surface area contributed by atoms with Crippen LogP contribution in [0.4, 0.5) is 5.82 Å². The SMILES string of the molecule is Cc1cc(Br)cnc1N1C(=O)CCCC1=O. The van der Waals surface area contributed by atoms with E-state index >= 15 is 0 Å². The molecule has 1 saturated heterocycles. The lowest BCUT2D eigenvalue weighted by Crippen LogP contribution is -2.41. The number of hydrogen-bond donors (Lipinski definition) is 0. The van der Waals surface area contributed by atoms with Crippen LogP contribution in [0.25, 0.3) is 0 Å². The zero-order valence-corrected chi connectivity index (χ0v) is 10.5. The van der Waals surface area contributed by atoms with Crippen LogP contribution in [0, 0.1) is 6.92 Å². The third-order valence-electron chi connectivity index (χ3n) is 2.51. The number of halogens is 1. The van der Waals surface area contributed by atoms with Crippen molar-refractivity contribution in [2.45, 2.75) is 26.2 Å². The lowest BCUT2D eigenvalue weighted by molar-refractivity contribution is -0.129. The predicted octanol–water partition coefficient (Wildman–Crippen LogP) is 2.20. The van der Waals surface area contributed by atoms with Gasteiger partial charge in [0, 0.05) is 23.5 Å². The summed E-state index contributed by atoms with van der Waals surface area (Å²) in [6, 6.07) is 1.84. The van der Waals surface area contributed by atoms with E-state index in [1.807, 2.05) is 13.0 Å². The molecule has 2 amide bonds. The van der Waals surface area contributed by atoms with Crippen molar-refractivity contribution in [2.75, 3.05) is 4.90 Å². The zero-order valence-electron chi connectivity index (χ0n) is 8.86. The highest BCUT2D eigenvalue weighted by atomic mass is 79.9. The normalized spacial score (nSPS) is 16.8. The average Bonchev–Trinajstić information content (AvgIpc) is 2.20. The van der Waals surface area contributed by atoms with Crippen molar-refractivity contribution < 1.29 is 9.59 Å². The maximum absolute atomic E-state index is 11.7. The van der Waals surface area contributed by atoms with Crippen molar-refractivity contribution in [2.24, 2.45) is 0 Å². The second kappa shape index (κ2) is 4.33. The number of carbonyl (C=O) groups is 2. The second-order valence-corrected chi connectivity index (χ2v) is 4.69. The van der Waals surface area contributed by atoms with Gasteiger partial charge >= 0.3 is 0 Å². The van der Waals surface area contributed by atoms with Gasteiger partial charge in [-0.3, -0.25) is 9.59 Å². The van der Waals surface area contributed by atoms with Crippen molar-refractivity contribution in [1.82, 2.24) is 4.98 Å². The van der Waals surface area contributed by atoms with E-state index in [0.29, 0.717) is 25.1 Å². The minimum Gasteiger partial charge on any atom is -0.274 e. The number of amides is 2. The van der Waals surface area contributed by atoms with Gasteiger partial charge in [0.15, 0.2) is 0 Å². The standard InChI is InChI=1S/C11H11BrN2O2/c1-7-5-8(12)6-13-11(7)14-9(15)3-2-4-10(14)16/h5-6H,2-4H2,1H3. The predicted molar refractivity (Wildman–Crippen MR) is 63.0 cm³/mol. The number of aryl methyl sites for hydroxylation is 1. The third-order valence-corrected chi connectivity index (χ3v) is 2.94. The van der Waals surface area contributed by atoms with E-state index in [0.717, 1.165) is 10.0 Å². The summed E-state index contributed by atoms with van der Waals surface area (Å²) in [5, 5.41) is 0. The number of pyridine rings is 1. The molecule has 0 radical (unpaired) electrons. The lowest BCUT2D eigenvalue weighted by atomic mass is 10.1. The summed E-state index contributed by atoms with van der Waals surface area (Å²) in [7, 11) is 0. The van der Waals surface area contributed by atoms with Crippen LogP contribution in [-0.2, 0) is 9.59 Å². The molecule has 0 N–H and O–H groups in total. The highest BCUT2D eigenvalue weighted by Gasteiger charge is 2.29. The van der Waals surface area contributed by atoms with Crippen LogP contribution in [0.1, 0.15) is 24.8 Å². The highest BCUT2D eigenvalue weighted by Crippen LogP contribution is 2.25. The van der Waals surface area contributed by atoms with E-state index in [4.69, 9.17) is 0 Å². The van der Waals surface area contributed by atoms with E-state index in [1.54, 1.807) is 6.20 Å². The van der Waals surface area contributed by atoms with Crippen LogP contribution < -0.4 is 4.90 Å². The van der Waals surface area contributed by atoms with Crippen LogP contribution >= 0.6 is 15.9 Å². The zero-order chi connectivity index (χ0) is 11.7. The molecule has 0 unspecified atom stereocenters. The van der Waals surface area contributed by atoms with Crippen molar-refractivity contribution >= 4 is 33.6 Å². The van der Waals surface area contributed by atoms with Gasteiger partial charge in [0.25, 0.3) is 0 Å². The molecule has 1 fully saturated rings. The minimum absolute atomic E-state index is 0.158. The van der Waals surface area contributed by atoms with Gasteiger partial charge in [0.2, 0.25) is 11.8 Å². The maximum Gasteiger partial charge on any atom is 0.235 e. The molecule has 0 saturated carbocycles. The van der Waals surface area contributed by atoms with Gasteiger partial charge in [0.1, 0.15) is 5.82 Å². The molecule has 1 aromatic rings. The Morgan fingerprint density at radius 2 is 1.94 bits per heavy atom. The molecule has 84 valence electrons. The Morgan fingerprint density at radius 3 is 2.50 bits per heavy atom. The molecule has 16 heavy (non-hydrogen) atoms. The summed E-state index contributed by atoms with van der Waals surface area (Å²) in [6.45, 7) is 1.84. The first-order chi connectivity index (χ1) is 7.59. The highest BCUT2D eigenvalue weighted by molar-refractivity contribution is 9.10. The number of piperidine rings is 1. The fourth-order valence-electron chi connectivity index (χ4n) is 1.76. The third kappa shape index (κ3) is 2.00. The van der Waals surface area contributed by atoms with Gasteiger partial charge < -0.3 is 0 Å². The van der Waals surface area contributed by atoms with E-state index < -0.39 is 0 Å². The Bertz CT molecular complexity index is 443. The average molecular weight is 283 g/mol. The minimum atomic E-state index is -0.158. The first kappa shape index (κ1) is 11.3. The van der Waals surface area contributed by atoms with Crippen molar-refractivity contribution in [3.63, 3.8) is 0 Å². The van der Waals surface area contributed by atoms with Gasteiger partial charge in [-0.15, -0.1) is 0 Å². The summed E-state index contributed by atoms with van der Waals surface area (Å²) >= 11 is 3.30. The fourth-order valence-corrected chi connectivity index (χ4v) is 2.20. The number of aromatic nitrogens is 1. The van der Waals surface area contributed by atoms with Crippen LogP contribution in [0.15, 0.2) is 16.7 Å². The fraction of sp³-hybridized carbons (Fsp3) is 0.364. The molecule has 2 rings (SSSR count). The second-order valence-electron chi connectivity index (χ2n) is 3.77. The van der Waals surface area contributed by atoms with Gasteiger partial charge in [-0.1, -0.05) is 0 Å². The number of carbonyl (C=O) groups excluding carboxylic acids is 2. The number of nitrogens with zero attached hydrogens (tertiary/aromatic N) is 2. The molecule has 0 bridgehead atoms. The van der Waals surface area contributed by atoms with E-state index in [-0.39, 0.29) is 11.8 Å². The molecule has 4 nitrogen and oxygen atoms in total. The quantitative estimate of drug-likeness (QED) is 0.742. The summed E-state index contributed by atoms with van der Waals surface area (Å²) in [5.41, 5.74) is 0.818. The number of anilines is 1. The van der Waals surface area contributed by atoms with Gasteiger partial charge in [-0.25, -0.2) is 9.88 Å². The van der Waals surface area contributed by atoms with Gasteiger partial charge in [0.05, 0.1) is 0 Å². The maximum atomic E-state index is 11.7. The number of rotatable bonds is 1. The number of hydrogen-bond acceptors (Lipinski definition) is 3. The topological polar surface area (TPSA) is 50.3 Å². The Morgan fingerprint density at radius 1 is 1.31 bits per heavy atom. The molecule has 0 aliphatic carbocycles. The van der Waals surface area contributed by atoms with Crippen LogP contribution in [0.3, 0.4) is 0 Å². The molecular weight excluding hydrogens is 272 g/mol. The molecular formula is C11H11BrN2O2. The molecule has 5 heteroatoms. The summed E-state index contributed by atoms with van der Waals surface area (Å²) in [6.07, 6.45) is 3.08. The van der Waals surface area contributed by atoms with Crippen molar-refractivity contribution in [3.8, 4) is 0 Å². The van der Waals surface area contributed by atoms with Crippen molar-refractivity contribution in [1.29, 1.82) is 0 Å². The Balaban J connectivity index is 2.42. The Labute approximate surface area is 102 Å². The molecule has 0 aromatic carbocycles. The molecule has 1 aromatic heterocycles. The van der Waals surface area contributed by atoms with Crippen LogP contribution in [0.2, 0.25) is 0 Å². The van der Waals surface area contributed by atoms with Gasteiger partial charge in [-0.2, -0.15) is 0 Å². The van der Waals surface area contributed by atoms with Crippen LogP contribution in [-0.4, -0.2) is 16.8 Å². The molecule has 2 heterocycles. The van der Waals surface area contributed by atoms with Crippen LogP contribution in [0.5, 0.6) is 0 Å². The molecule has 0 spiro atoms. The number of imide groups is 1. The summed E-state index contributed by atoms with van der Waals surface area (Å²) in [4.78, 5) is 28.7. The van der Waals surface area contributed by atoms with Crippen molar-refractivity contribution in [3.05, 3.63) is 22.3 Å². The van der Waals surface area contributed by atoms with E-state index in [1.165, 1.54) is 4.90 Å². The molecule has 0 atom stereocenters. The first-order valence-electron chi connectivity index (χ1n) is 5.07. The lowest BCUT2D eigenvalue weighted by Gasteiger charge is -2.25. The van der Waals surface area contributed by atoms with Gasteiger partial charge in [-0.05, 0) is 40.9 Å². The summed E-state index contributed by atoms with van der Waals surface area (Å²) in [5.74, 6) is 0.140. The molecule has 1 aliphatic rings. The molecule has 1 aliphatic heterocycles. The van der Waals surface area contributed by atoms with E-state index in [2.05, 4.69) is 20.9 Å². The Kier molecular flexibility index (Phi) is 3.05. The monoisotopic (exact) mass is 282 g/mol. The Hall–Kier alpha value is -1.23. The first-order valence-corrected chi connectivity index (χ1v) is 5.87. The smallest absolute Gasteiger partial charge is 0.235 e. The largest absolute Gasteiger partial charge is 0.274 e. The summed E-state index contributed by atoms with van der Waals surface area (Å²) < 4.78 is 0.839.